The van der Waals surface area contributed by atoms with Crippen LogP contribution in [-0.4, -0.2) is 37.2 Å². The fraction of sp³-hybridized carbons (Fsp3) is 0.712. The Kier molecular flexibility index (Phi) is 56.8. The van der Waals surface area contributed by atoms with Gasteiger partial charge in [0.2, 0.25) is 0 Å². The first kappa shape index (κ1) is 68.3. The zero-order valence-electron chi connectivity index (χ0n) is 47.2. The van der Waals surface area contributed by atoms with E-state index in [9.17, 15) is 14.4 Å². The SMILES string of the molecule is CC/C=C\C/C=C\C/C=C\C/C=C\C/C=C\C/C=C\CCCCCCC(=O)OCC(COC(=O)CCCCCCC/C=C\CCCCCCCC)OC(=O)CCCCCCC/C=C\CCCCCCCCC. The topological polar surface area (TPSA) is 78.9 Å². The van der Waals surface area contributed by atoms with Gasteiger partial charge in [-0.1, -0.05) is 240 Å². The fourth-order valence-electron chi connectivity index (χ4n) is 8.26. The van der Waals surface area contributed by atoms with Crippen LogP contribution in [0.15, 0.2) is 97.2 Å². The van der Waals surface area contributed by atoms with Crippen LogP contribution < -0.4 is 0 Å². The largest absolute Gasteiger partial charge is 0.462 e. The second-order valence-corrected chi connectivity index (χ2v) is 19.9. The molecule has 0 saturated heterocycles. The van der Waals surface area contributed by atoms with Crippen LogP contribution in [0.1, 0.15) is 284 Å². The van der Waals surface area contributed by atoms with Gasteiger partial charge in [0, 0.05) is 19.3 Å². The van der Waals surface area contributed by atoms with Crippen LogP contribution in [0.5, 0.6) is 0 Å². The van der Waals surface area contributed by atoms with Crippen molar-refractivity contribution in [1.82, 2.24) is 0 Å². The number of hydrogen-bond acceptors (Lipinski definition) is 6. The predicted octanol–water partition coefficient (Wildman–Crippen LogP) is 20.5. The van der Waals surface area contributed by atoms with Gasteiger partial charge in [0.15, 0.2) is 6.10 Å². The number of carbonyl (C=O) groups excluding carboxylic acids is 3. The Labute approximate surface area is 445 Å². The summed E-state index contributed by atoms with van der Waals surface area (Å²) in [5.74, 6) is -0.929. The summed E-state index contributed by atoms with van der Waals surface area (Å²) in [6.45, 7) is 6.50. The van der Waals surface area contributed by atoms with Crippen molar-refractivity contribution in [2.45, 2.75) is 290 Å². The first-order valence-corrected chi connectivity index (χ1v) is 30.2. The lowest BCUT2D eigenvalue weighted by Gasteiger charge is -2.18. The van der Waals surface area contributed by atoms with E-state index in [1.54, 1.807) is 0 Å². The second-order valence-electron chi connectivity index (χ2n) is 19.9. The van der Waals surface area contributed by atoms with Gasteiger partial charge in [-0.05, 0) is 122 Å². The Balaban J connectivity index is 4.44. The molecule has 0 radical (unpaired) electrons. The molecule has 0 spiro atoms. The van der Waals surface area contributed by atoms with E-state index >= 15 is 0 Å². The summed E-state index contributed by atoms with van der Waals surface area (Å²) < 4.78 is 16.9. The van der Waals surface area contributed by atoms with E-state index in [4.69, 9.17) is 14.2 Å². The summed E-state index contributed by atoms with van der Waals surface area (Å²) in [4.78, 5) is 38.2. The number of ether oxygens (including phenoxy) is 3. The molecule has 0 aromatic heterocycles. The highest BCUT2D eigenvalue weighted by Gasteiger charge is 2.19. The molecule has 0 saturated carbocycles. The van der Waals surface area contributed by atoms with Gasteiger partial charge < -0.3 is 14.2 Å². The van der Waals surface area contributed by atoms with Crippen LogP contribution in [-0.2, 0) is 28.6 Å². The van der Waals surface area contributed by atoms with Gasteiger partial charge in [-0.15, -0.1) is 0 Å². The van der Waals surface area contributed by atoms with Crippen molar-refractivity contribution in [3.63, 3.8) is 0 Å². The lowest BCUT2D eigenvalue weighted by Crippen LogP contribution is -2.30. The van der Waals surface area contributed by atoms with E-state index in [0.717, 1.165) is 128 Å². The maximum atomic E-state index is 12.9. The molecular weight excluding hydrogens is 889 g/mol. The summed E-state index contributed by atoms with van der Waals surface area (Å²) in [5.41, 5.74) is 0. The van der Waals surface area contributed by atoms with Crippen molar-refractivity contribution in [1.29, 1.82) is 0 Å². The number of allylic oxidation sites excluding steroid dienone is 16. The molecule has 0 aromatic rings. The predicted molar refractivity (Wildman–Crippen MR) is 311 cm³/mol. The minimum Gasteiger partial charge on any atom is -0.462 e. The van der Waals surface area contributed by atoms with Crippen molar-refractivity contribution in [2.24, 2.45) is 0 Å². The molecule has 0 amide bonds. The average molecular weight is 1000 g/mol. The zero-order valence-corrected chi connectivity index (χ0v) is 47.2. The normalized spacial score (nSPS) is 12.8. The maximum absolute atomic E-state index is 12.9. The van der Waals surface area contributed by atoms with Crippen molar-refractivity contribution in [3.05, 3.63) is 97.2 Å². The zero-order chi connectivity index (χ0) is 52.2. The van der Waals surface area contributed by atoms with Gasteiger partial charge in [0.05, 0.1) is 0 Å². The Hall–Kier alpha value is -3.67. The van der Waals surface area contributed by atoms with Gasteiger partial charge in [-0.2, -0.15) is 0 Å². The van der Waals surface area contributed by atoms with Crippen molar-refractivity contribution in [3.8, 4) is 0 Å². The Bertz CT molecular complexity index is 1430. The summed E-state index contributed by atoms with van der Waals surface area (Å²) >= 11 is 0. The van der Waals surface area contributed by atoms with E-state index in [0.29, 0.717) is 19.3 Å². The van der Waals surface area contributed by atoms with Gasteiger partial charge in [-0.3, -0.25) is 14.4 Å². The molecule has 72 heavy (non-hydrogen) atoms. The highest BCUT2D eigenvalue weighted by Crippen LogP contribution is 2.14. The number of unbranched alkanes of at least 4 members (excludes halogenated alkanes) is 27. The molecule has 0 fully saturated rings. The van der Waals surface area contributed by atoms with Crippen LogP contribution in [0.25, 0.3) is 0 Å². The molecule has 0 bridgehead atoms. The molecule has 1 unspecified atom stereocenters. The molecule has 6 nitrogen and oxygen atoms in total. The smallest absolute Gasteiger partial charge is 0.306 e. The Morgan fingerprint density at radius 3 is 0.861 bits per heavy atom. The molecule has 0 N–H and O–H groups in total. The third kappa shape index (κ3) is 57.2. The van der Waals surface area contributed by atoms with Crippen molar-refractivity contribution >= 4 is 17.9 Å². The number of carbonyl (C=O) groups is 3. The van der Waals surface area contributed by atoms with E-state index in [1.165, 1.54) is 116 Å². The highest BCUT2D eigenvalue weighted by molar-refractivity contribution is 5.71. The van der Waals surface area contributed by atoms with E-state index in [2.05, 4.69) is 118 Å². The third-order valence-corrected chi connectivity index (χ3v) is 12.8. The molecular formula is C66H112O6. The monoisotopic (exact) mass is 1000 g/mol. The molecule has 0 heterocycles. The van der Waals surface area contributed by atoms with E-state index < -0.39 is 6.10 Å². The third-order valence-electron chi connectivity index (χ3n) is 12.8. The Morgan fingerprint density at radius 1 is 0.292 bits per heavy atom. The first-order valence-electron chi connectivity index (χ1n) is 30.2. The number of hydrogen-bond donors (Lipinski definition) is 0. The van der Waals surface area contributed by atoms with E-state index in [-0.39, 0.29) is 31.1 Å². The molecule has 0 aromatic carbocycles. The van der Waals surface area contributed by atoms with Crippen LogP contribution >= 0.6 is 0 Å². The van der Waals surface area contributed by atoms with Gasteiger partial charge >= 0.3 is 17.9 Å². The van der Waals surface area contributed by atoms with Crippen LogP contribution in [0.2, 0.25) is 0 Å². The lowest BCUT2D eigenvalue weighted by atomic mass is 10.1. The van der Waals surface area contributed by atoms with Gasteiger partial charge in [0.1, 0.15) is 13.2 Å². The standard InChI is InChI=1S/C66H112O6/c1-4-7-10-13-16-19-22-25-28-30-31-32-33-34-35-36-39-41-44-47-50-53-56-59-65(68)71-62-63(61-70-64(67)58-55-52-49-46-43-40-37-27-24-21-18-15-12-9-6-3)72-66(69)60-57-54-51-48-45-42-38-29-26-23-20-17-14-11-8-5-2/h7,10,16,19,25,27-29,31-32,34-35,37-39,41,63H,4-6,8-9,11-15,17-18,20-24,26,30,33,36,40,42-62H2,1-3H3/b10-7-,19-16-,28-25-,32-31-,35-34-,37-27-,38-29-,41-39-. The summed E-state index contributed by atoms with van der Waals surface area (Å²) in [5, 5.41) is 0. The quantitative estimate of drug-likeness (QED) is 0.0261. The van der Waals surface area contributed by atoms with Crippen molar-refractivity contribution < 1.29 is 28.6 Å². The molecule has 0 aliphatic carbocycles. The summed E-state index contributed by atoms with van der Waals surface area (Å²) in [6.07, 6.45) is 79.7. The number of rotatable bonds is 54. The molecule has 0 aliphatic rings. The van der Waals surface area contributed by atoms with E-state index in [1.807, 2.05) is 0 Å². The molecule has 412 valence electrons. The van der Waals surface area contributed by atoms with Crippen molar-refractivity contribution in [2.75, 3.05) is 13.2 Å². The molecule has 6 heteroatoms. The first-order chi connectivity index (χ1) is 35.5. The Morgan fingerprint density at radius 2 is 0.542 bits per heavy atom. The minimum atomic E-state index is -0.797. The van der Waals surface area contributed by atoms with Gasteiger partial charge in [0.25, 0.3) is 0 Å². The maximum Gasteiger partial charge on any atom is 0.306 e. The summed E-state index contributed by atoms with van der Waals surface area (Å²) in [7, 11) is 0. The average Bonchev–Trinajstić information content (AvgIpc) is 3.38. The second kappa shape index (κ2) is 59.9. The molecule has 0 aliphatic heterocycles. The summed E-state index contributed by atoms with van der Waals surface area (Å²) in [6, 6.07) is 0. The minimum absolute atomic E-state index is 0.0933. The fourth-order valence-corrected chi connectivity index (χ4v) is 8.26. The van der Waals surface area contributed by atoms with Gasteiger partial charge in [-0.25, -0.2) is 0 Å². The van der Waals surface area contributed by atoms with Crippen LogP contribution in [0.4, 0.5) is 0 Å². The van der Waals surface area contributed by atoms with Crippen LogP contribution in [0.3, 0.4) is 0 Å². The lowest BCUT2D eigenvalue weighted by molar-refractivity contribution is -0.167. The molecule has 0 rings (SSSR count). The molecule has 1 atom stereocenters. The highest BCUT2D eigenvalue weighted by atomic mass is 16.6. The number of esters is 3. The van der Waals surface area contributed by atoms with Crippen LogP contribution in [0, 0.1) is 0 Å².